The second-order valence-corrected chi connectivity index (χ2v) is 13.8. The SMILES string of the molecule is CCCC(C)(CO)C(=O)N[C@@H]1CC[C@@]2(S(=O)(=O)c3ccc(F)cc3)c3ccc(C(F)(C(F)(F)F)C(F)(F)F)cc3CC[C@@H]12. The molecule has 43 heavy (non-hydrogen) atoms. The molecule has 0 saturated heterocycles. The summed E-state index contributed by atoms with van der Waals surface area (Å²) in [6.45, 7) is 2.87. The van der Waals surface area contributed by atoms with Crippen LogP contribution in [0.1, 0.15) is 62.6 Å². The monoisotopic (exact) mass is 641 g/mol. The number of nitrogens with one attached hydrogen (secondary N) is 1. The molecule has 238 valence electrons. The van der Waals surface area contributed by atoms with Crippen LogP contribution in [-0.2, 0) is 31.5 Å². The van der Waals surface area contributed by atoms with Gasteiger partial charge in [-0.15, -0.1) is 0 Å². The van der Waals surface area contributed by atoms with E-state index in [1.54, 1.807) is 6.92 Å². The number of benzene rings is 2. The van der Waals surface area contributed by atoms with Gasteiger partial charge in [0.2, 0.25) is 5.91 Å². The minimum absolute atomic E-state index is 0.0732. The molecule has 2 aliphatic rings. The average molecular weight is 642 g/mol. The van der Waals surface area contributed by atoms with Crippen molar-refractivity contribution in [1.82, 2.24) is 5.32 Å². The molecule has 1 fully saturated rings. The van der Waals surface area contributed by atoms with Gasteiger partial charge in [0.15, 0.2) is 9.84 Å². The Labute approximate surface area is 243 Å². The van der Waals surface area contributed by atoms with Crippen molar-refractivity contribution in [2.24, 2.45) is 11.3 Å². The zero-order valence-corrected chi connectivity index (χ0v) is 24.1. The third-order valence-corrected chi connectivity index (χ3v) is 11.6. The molecule has 4 rings (SSSR count). The number of amides is 1. The van der Waals surface area contributed by atoms with Gasteiger partial charge in [-0.05, 0) is 74.4 Å². The minimum atomic E-state index is -6.35. The summed E-state index contributed by atoms with van der Waals surface area (Å²) in [5, 5.41) is 12.7. The molecule has 0 aliphatic heterocycles. The van der Waals surface area contributed by atoms with Crippen molar-refractivity contribution in [2.45, 2.75) is 86.1 Å². The van der Waals surface area contributed by atoms with Crippen LogP contribution in [0.5, 0.6) is 0 Å². The highest BCUT2D eigenvalue weighted by Crippen LogP contribution is 2.59. The molecule has 0 spiro atoms. The van der Waals surface area contributed by atoms with Gasteiger partial charge in [-0.25, -0.2) is 17.2 Å². The molecule has 1 unspecified atom stereocenters. The van der Waals surface area contributed by atoms with Gasteiger partial charge in [-0.3, -0.25) is 4.79 Å². The molecule has 0 heterocycles. The highest BCUT2D eigenvalue weighted by molar-refractivity contribution is 7.92. The maximum atomic E-state index is 15.0. The topological polar surface area (TPSA) is 83.5 Å². The number of carbonyl (C=O) groups excluding carboxylic acids is 1. The molecular weight excluding hydrogens is 610 g/mol. The summed E-state index contributed by atoms with van der Waals surface area (Å²) >= 11 is 0. The number of aliphatic hydroxyl groups excluding tert-OH is 1. The van der Waals surface area contributed by atoms with E-state index < -0.39 is 73.9 Å². The first-order valence-corrected chi connectivity index (χ1v) is 15.2. The summed E-state index contributed by atoms with van der Waals surface area (Å²) in [4.78, 5) is 12.9. The van der Waals surface area contributed by atoms with Crippen LogP contribution in [0, 0.1) is 17.2 Å². The highest BCUT2D eigenvalue weighted by Gasteiger charge is 2.73. The Hall–Kier alpha value is -2.74. The van der Waals surface area contributed by atoms with Crippen LogP contribution in [0.2, 0.25) is 0 Å². The lowest BCUT2D eigenvalue weighted by Crippen LogP contribution is -2.52. The van der Waals surface area contributed by atoms with E-state index in [1.807, 2.05) is 6.92 Å². The predicted molar refractivity (Wildman–Crippen MR) is 140 cm³/mol. The van der Waals surface area contributed by atoms with E-state index in [-0.39, 0.29) is 41.7 Å². The van der Waals surface area contributed by atoms with E-state index in [0.717, 1.165) is 30.3 Å². The molecule has 5 nitrogen and oxygen atoms in total. The molecule has 1 saturated carbocycles. The Balaban J connectivity index is 1.89. The number of fused-ring (bicyclic) bond motifs is 3. The number of hydrogen-bond acceptors (Lipinski definition) is 4. The fourth-order valence-electron chi connectivity index (χ4n) is 6.71. The third kappa shape index (κ3) is 5.11. The lowest BCUT2D eigenvalue weighted by molar-refractivity contribution is -0.348. The Morgan fingerprint density at radius 3 is 2.14 bits per heavy atom. The molecule has 2 aromatic carbocycles. The number of hydrogen-bond donors (Lipinski definition) is 2. The first-order chi connectivity index (χ1) is 19.8. The zero-order chi connectivity index (χ0) is 32.2. The molecule has 0 aromatic heterocycles. The van der Waals surface area contributed by atoms with Crippen LogP contribution >= 0.6 is 0 Å². The van der Waals surface area contributed by atoms with Gasteiger partial charge in [0.1, 0.15) is 10.6 Å². The molecule has 0 bridgehead atoms. The molecular formula is C29H31F8NO4S. The van der Waals surface area contributed by atoms with E-state index in [2.05, 4.69) is 5.32 Å². The molecule has 14 heteroatoms. The normalized spacial score (nSPS) is 24.2. The van der Waals surface area contributed by atoms with Crippen molar-refractivity contribution in [3.63, 3.8) is 0 Å². The molecule has 2 N–H and O–H groups in total. The van der Waals surface area contributed by atoms with Gasteiger partial charge in [0.05, 0.1) is 16.9 Å². The number of aliphatic hydroxyl groups is 1. The molecule has 2 aliphatic carbocycles. The molecule has 2 aromatic rings. The fourth-order valence-corrected chi connectivity index (χ4v) is 9.18. The summed E-state index contributed by atoms with van der Waals surface area (Å²) in [6, 6.07) is 4.56. The number of carbonyl (C=O) groups is 1. The molecule has 4 atom stereocenters. The number of alkyl halides is 7. The van der Waals surface area contributed by atoms with Crippen molar-refractivity contribution >= 4 is 15.7 Å². The van der Waals surface area contributed by atoms with E-state index >= 15 is 0 Å². The summed E-state index contributed by atoms with van der Waals surface area (Å²) in [5.41, 5.74) is -8.90. The van der Waals surface area contributed by atoms with E-state index in [4.69, 9.17) is 0 Å². The summed E-state index contributed by atoms with van der Waals surface area (Å²) in [7, 11) is -4.52. The Morgan fingerprint density at radius 1 is 1.00 bits per heavy atom. The largest absolute Gasteiger partial charge is 0.435 e. The van der Waals surface area contributed by atoms with Gasteiger partial charge in [-0.2, -0.15) is 26.3 Å². The Morgan fingerprint density at radius 2 is 1.60 bits per heavy atom. The van der Waals surface area contributed by atoms with Gasteiger partial charge < -0.3 is 10.4 Å². The minimum Gasteiger partial charge on any atom is -0.395 e. The highest BCUT2D eigenvalue weighted by atomic mass is 32.2. The average Bonchev–Trinajstić information content (AvgIpc) is 3.31. The van der Waals surface area contributed by atoms with Gasteiger partial charge in [0.25, 0.3) is 0 Å². The van der Waals surface area contributed by atoms with Crippen molar-refractivity contribution in [3.8, 4) is 0 Å². The van der Waals surface area contributed by atoms with Crippen LogP contribution < -0.4 is 5.32 Å². The summed E-state index contributed by atoms with van der Waals surface area (Å²) < 4.78 is 137. The first-order valence-electron chi connectivity index (χ1n) is 13.7. The van der Waals surface area contributed by atoms with E-state index in [0.29, 0.717) is 25.0 Å². The van der Waals surface area contributed by atoms with Crippen molar-refractivity contribution < 1.29 is 53.4 Å². The van der Waals surface area contributed by atoms with Crippen molar-refractivity contribution in [2.75, 3.05) is 6.61 Å². The quantitative estimate of drug-likeness (QED) is 0.257. The van der Waals surface area contributed by atoms with Crippen LogP contribution in [0.3, 0.4) is 0 Å². The predicted octanol–water partition coefficient (Wildman–Crippen LogP) is 6.42. The Bertz CT molecular complexity index is 1460. The summed E-state index contributed by atoms with van der Waals surface area (Å²) in [5.74, 6) is -2.17. The molecule has 0 radical (unpaired) electrons. The maximum Gasteiger partial charge on any atom is 0.435 e. The summed E-state index contributed by atoms with van der Waals surface area (Å²) in [6.07, 6.45) is -12.2. The second-order valence-electron chi connectivity index (χ2n) is 11.6. The lowest BCUT2D eigenvalue weighted by Gasteiger charge is -2.43. The smallest absolute Gasteiger partial charge is 0.395 e. The lowest BCUT2D eigenvalue weighted by atomic mass is 9.73. The van der Waals surface area contributed by atoms with Crippen LogP contribution in [-0.4, -0.2) is 44.4 Å². The molecule has 1 amide bonds. The maximum absolute atomic E-state index is 15.0. The van der Waals surface area contributed by atoms with Crippen LogP contribution in [0.4, 0.5) is 35.1 Å². The van der Waals surface area contributed by atoms with Crippen molar-refractivity contribution in [1.29, 1.82) is 0 Å². The zero-order valence-electron chi connectivity index (χ0n) is 23.2. The van der Waals surface area contributed by atoms with Crippen molar-refractivity contribution in [3.05, 3.63) is 65.0 Å². The van der Waals surface area contributed by atoms with Crippen LogP contribution in [0.25, 0.3) is 0 Å². The van der Waals surface area contributed by atoms with Gasteiger partial charge in [-0.1, -0.05) is 31.5 Å². The second kappa shape index (κ2) is 11.0. The first kappa shape index (κ1) is 33.2. The van der Waals surface area contributed by atoms with E-state index in [1.165, 1.54) is 0 Å². The number of sulfone groups is 1. The third-order valence-electron chi connectivity index (χ3n) is 9.00. The number of halogens is 8. The number of aryl methyl sites for hydroxylation is 1. The van der Waals surface area contributed by atoms with Gasteiger partial charge >= 0.3 is 18.0 Å². The van der Waals surface area contributed by atoms with Gasteiger partial charge in [0, 0.05) is 17.5 Å². The Kier molecular flexibility index (Phi) is 8.49. The fraction of sp³-hybridized carbons (Fsp3) is 0.552. The standard InChI is InChI=1S/C29H31F8NO4S/c1-3-13-25(2,16-39)24(40)38-23-12-14-26(43(41,42)20-8-6-19(30)7-9-20)21-11-5-18(15-17(21)4-10-22(23)26)27(31,28(32,33)34)29(35,36)37/h5-9,11,15,22-23,39H,3-4,10,12-14,16H2,1-2H3,(H,38,40)/t22-,23+,25?,26+/m0/s1. The number of rotatable bonds is 8. The van der Waals surface area contributed by atoms with E-state index in [9.17, 15) is 53.4 Å². The van der Waals surface area contributed by atoms with Crippen LogP contribution in [0.15, 0.2) is 47.4 Å².